The molecule has 0 radical (unpaired) electrons. The summed E-state index contributed by atoms with van der Waals surface area (Å²) in [5, 5.41) is 1.95. The fourth-order valence-electron chi connectivity index (χ4n) is 2.10. The molecule has 0 saturated heterocycles. The third-order valence-electron chi connectivity index (χ3n) is 2.84. The minimum absolute atomic E-state index is 0.270. The van der Waals surface area contributed by atoms with Gasteiger partial charge >= 0.3 is 0 Å². The smallest absolute Gasteiger partial charge is 0.184 e. The molecule has 0 fully saturated rings. The number of thiazole rings is 1. The quantitative estimate of drug-likeness (QED) is 0.677. The Bertz CT molecular complexity index is 660. The summed E-state index contributed by atoms with van der Waals surface area (Å²) in [7, 11) is 1.74. The van der Waals surface area contributed by atoms with E-state index in [1.165, 1.54) is 11.3 Å². The normalized spacial score (nSPS) is 13.5. The fraction of sp³-hybridized carbons (Fsp3) is 0.182. The van der Waals surface area contributed by atoms with Crippen molar-refractivity contribution >= 4 is 29.2 Å². The van der Waals surface area contributed by atoms with Gasteiger partial charge < -0.3 is 4.90 Å². The molecule has 2 aromatic rings. The van der Waals surface area contributed by atoms with Crippen molar-refractivity contribution in [3.8, 4) is 5.69 Å². The Labute approximate surface area is 106 Å². The van der Waals surface area contributed by atoms with Gasteiger partial charge in [0.25, 0.3) is 0 Å². The number of fused-ring (bicyclic) bond motifs is 3. The van der Waals surface area contributed by atoms with Crippen molar-refractivity contribution in [2.24, 2.45) is 0 Å². The van der Waals surface area contributed by atoms with E-state index >= 15 is 0 Å². The van der Waals surface area contributed by atoms with Crippen LogP contribution in [-0.2, 0) is 6.54 Å². The lowest BCUT2D eigenvalue weighted by atomic mass is 10.1. The molecule has 2 nitrogen and oxygen atoms in total. The highest BCUT2D eigenvalue weighted by molar-refractivity contribution is 7.73. The molecule has 0 bridgehead atoms. The second-order valence-electron chi connectivity index (χ2n) is 3.91. The van der Waals surface area contributed by atoms with E-state index in [-0.39, 0.29) is 5.69 Å². The predicted molar refractivity (Wildman–Crippen MR) is 66.5 cm³/mol. The Kier molecular flexibility index (Phi) is 2.31. The highest BCUT2D eigenvalue weighted by Gasteiger charge is 2.25. The average Bonchev–Trinajstić information content (AvgIpc) is 2.65. The van der Waals surface area contributed by atoms with Crippen LogP contribution in [0.2, 0.25) is 0 Å². The zero-order valence-corrected chi connectivity index (χ0v) is 10.5. The monoisotopic (exact) mass is 270 g/mol. The molecule has 17 heavy (non-hydrogen) atoms. The Morgan fingerprint density at radius 3 is 2.88 bits per heavy atom. The number of hydrogen-bond donors (Lipinski definition) is 0. The first kappa shape index (κ1) is 10.9. The molecule has 0 aliphatic carbocycles. The topological polar surface area (TPSA) is 8.17 Å². The lowest BCUT2D eigenvalue weighted by Gasteiger charge is -2.29. The summed E-state index contributed by atoms with van der Waals surface area (Å²) >= 11 is 6.64. The molecule has 0 spiro atoms. The lowest BCUT2D eigenvalue weighted by molar-refractivity contribution is 0.504. The number of nitrogens with zero attached hydrogens (tertiary/aromatic N) is 2. The Balaban J connectivity index is 2.40. The molecule has 1 aromatic heterocycles. The zero-order chi connectivity index (χ0) is 12.2. The molecule has 0 amide bonds. The number of rotatable bonds is 0. The molecule has 0 unspecified atom stereocenters. The highest BCUT2D eigenvalue weighted by Crippen LogP contribution is 2.36. The molecule has 1 aliphatic rings. The number of benzene rings is 1. The van der Waals surface area contributed by atoms with E-state index in [4.69, 9.17) is 12.2 Å². The largest absolute Gasteiger partial charge is 0.365 e. The lowest BCUT2D eigenvalue weighted by Crippen LogP contribution is -2.26. The van der Waals surface area contributed by atoms with Crippen LogP contribution in [0.25, 0.3) is 5.69 Å². The fourth-order valence-corrected chi connectivity index (χ4v) is 3.20. The van der Waals surface area contributed by atoms with Gasteiger partial charge in [0.2, 0.25) is 0 Å². The van der Waals surface area contributed by atoms with Gasteiger partial charge in [-0.3, -0.25) is 4.57 Å². The summed E-state index contributed by atoms with van der Waals surface area (Å²) in [6.45, 7) is 0.528. The molecule has 0 saturated carbocycles. The van der Waals surface area contributed by atoms with Gasteiger partial charge in [0.1, 0.15) is 5.69 Å². The minimum atomic E-state index is -0.833. The van der Waals surface area contributed by atoms with Crippen LogP contribution in [0, 0.1) is 15.6 Å². The molecule has 88 valence electrons. The van der Waals surface area contributed by atoms with Crippen LogP contribution in [0.5, 0.6) is 0 Å². The molecular weight excluding hydrogens is 262 g/mol. The zero-order valence-electron chi connectivity index (χ0n) is 8.91. The number of hydrogen-bond acceptors (Lipinski definition) is 3. The Morgan fingerprint density at radius 1 is 1.35 bits per heavy atom. The number of halogens is 2. The number of anilines is 1. The maximum atomic E-state index is 13.8. The first-order chi connectivity index (χ1) is 8.09. The van der Waals surface area contributed by atoms with Crippen molar-refractivity contribution in [3.05, 3.63) is 38.8 Å². The second kappa shape index (κ2) is 3.61. The van der Waals surface area contributed by atoms with Crippen LogP contribution in [0.1, 0.15) is 5.69 Å². The molecule has 0 N–H and O–H groups in total. The number of aromatic nitrogens is 1. The summed E-state index contributed by atoms with van der Waals surface area (Å²) in [4.78, 5) is 1.70. The standard InChI is InChI=1S/C11H8F2N2S2/c1-14-4-6-5-17-11(16)15(6)8-3-2-7(12)9(13)10(8)14/h2-3,5H,4H2,1H3. The van der Waals surface area contributed by atoms with Crippen molar-refractivity contribution in [1.29, 1.82) is 0 Å². The Hall–Kier alpha value is -1.27. The molecule has 1 aliphatic heterocycles. The van der Waals surface area contributed by atoms with Crippen LogP contribution < -0.4 is 4.90 Å². The van der Waals surface area contributed by atoms with Crippen LogP contribution in [0.3, 0.4) is 0 Å². The summed E-state index contributed by atoms with van der Waals surface area (Å²) in [6.07, 6.45) is 0. The minimum Gasteiger partial charge on any atom is -0.365 e. The first-order valence-corrected chi connectivity index (χ1v) is 6.27. The van der Waals surface area contributed by atoms with Gasteiger partial charge in [-0.25, -0.2) is 8.78 Å². The molecule has 1 aromatic carbocycles. The summed E-state index contributed by atoms with van der Waals surface area (Å²) < 4.78 is 29.5. The van der Waals surface area contributed by atoms with Gasteiger partial charge in [-0.1, -0.05) is 0 Å². The molecular formula is C11H8F2N2S2. The highest BCUT2D eigenvalue weighted by atomic mass is 32.1. The van der Waals surface area contributed by atoms with Gasteiger partial charge in [-0.2, -0.15) is 0 Å². The molecule has 3 rings (SSSR count). The van der Waals surface area contributed by atoms with Gasteiger partial charge in [-0.05, 0) is 24.4 Å². The summed E-state index contributed by atoms with van der Waals surface area (Å²) in [6, 6.07) is 2.70. The molecule has 0 atom stereocenters. The van der Waals surface area contributed by atoms with Crippen molar-refractivity contribution in [2.75, 3.05) is 11.9 Å². The van der Waals surface area contributed by atoms with Crippen LogP contribution in [0.15, 0.2) is 17.5 Å². The van der Waals surface area contributed by atoms with Crippen LogP contribution >= 0.6 is 23.6 Å². The van der Waals surface area contributed by atoms with Gasteiger partial charge in [0.15, 0.2) is 15.6 Å². The van der Waals surface area contributed by atoms with Crippen molar-refractivity contribution < 1.29 is 8.78 Å². The van der Waals surface area contributed by atoms with Gasteiger partial charge in [-0.15, -0.1) is 11.3 Å². The maximum Gasteiger partial charge on any atom is 0.184 e. The van der Waals surface area contributed by atoms with E-state index in [2.05, 4.69) is 0 Å². The average molecular weight is 270 g/mol. The summed E-state index contributed by atoms with van der Waals surface area (Å²) in [5.41, 5.74) is 1.88. The Morgan fingerprint density at radius 2 is 2.12 bits per heavy atom. The van der Waals surface area contributed by atoms with E-state index < -0.39 is 11.6 Å². The van der Waals surface area contributed by atoms with E-state index in [0.717, 1.165) is 11.8 Å². The van der Waals surface area contributed by atoms with E-state index in [1.54, 1.807) is 22.6 Å². The third kappa shape index (κ3) is 1.44. The van der Waals surface area contributed by atoms with E-state index in [9.17, 15) is 8.78 Å². The van der Waals surface area contributed by atoms with Crippen molar-refractivity contribution in [1.82, 2.24) is 4.57 Å². The van der Waals surface area contributed by atoms with Gasteiger partial charge in [0.05, 0.1) is 17.9 Å². The SMILES string of the molecule is CN1Cc2csc(=S)n2-c2ccc(F)c(F)c21. The van der Waals surface area contributed by atoms with E-state index in [0.29, 0.717) is 16.2 Å². The molecule has 6 heteroatoms. The van der Waals surface area contributed by atoms with Crippen LogP contribution in [-0.4, -0.2) is 11.6 Å². The summed E-state index contributed by atoms with van der Waals surface area (Å²) in [5.74, 6) is -1.65. The van der Waals surface area contributed by atoms with Crippen molar-refractivity contribution in [3.63, 3.8) is 0 Å². The van der Waals surface area contributed by atoms with Gasteiger partial charge in [0, 0.05) is 12.4 Å². The van der Waals surface area contributed by atoms with Crippen molar-refractivity contribution in [2.45, 2.75) is 6.54 Å². The predicted octanol–water partition coefficient (Wildman–Crippen LogP) is 3.50. The maximum absolute atomic E-state index is 13.8. The molecule has 2 heterocycles. The first-order valence-electron chi connectivity index (χ1n) is 4.98. The third-order valence-corrected chi connectivity index (χ3v) is 4.08. The van der Waals surface area contributed by atoms with E-state index in [1.807, 2.05) is 5.38 Å². The second-order valence-corrected chi connectivity index (χ2v) is 5.42. The van der Waals surface area contributed by atoms with Crippen LogP contribution in [0.4, 0.5) is 14.5 Å².